The Bertz CT molecular complexity index is 575. The predicted molar refractivity (Wildman–Crippen MR) is 77.7 cm³/mol. The van der Waals surface area contributed by atoms with E-state index < -0.39 is 0 Å². The topological polar surface area (TPSA) is 47.1 Å². The molecule has 0 saturated carbocycles. The Morgan fingerprint density at radius 3 is 2.89 bits per heavy atom. The third-order valence-electron chi connectivity index (χ3n) is 4.31. The minimum atomic E-state index is 0.606. The van der Waals surface area contributed by atoms with E-state index in [4.69, 9.17) is 5.73 Å². The smallest absolute Gasteiger partial charge is 0.0843 e. The molecule has 1 saturated heterocycles. The van der Waals surface area contributed by atoms with Gasteiger partial charge in [-0.2, -0.15) is 5.10 Å². The van der Waals surface area contributed by atoms with Crippen LogP contribution in [0.1, 0.15) is 19.0 Å². The van der Waals surface area contributed by atoms with Crippen LogP contribution < -0.4 is 5.73 Å². The number of fused-ring (bicyclic) bond motifs is 1. The van der Waals surface area contributed by atoms with E-state index in [0.717, 1.165) is 19.6 Å². The third kappa shape index (κ3) is 2.26. The fourth-order valence-electron chi connectivity index (χ4n) is 3.21. The van der Waals surface area contributed by atoms with E-state index in [1.165, 1.54) is 23.0 Å². The number of hydrogen-bond acceptors (Lipinski definition) is 3. The molecule has 0 bridgehead atoms. The van der Waals surface area contributed by atoms with Gasteiger partial charge in [0.15, 0.2) is 0 Å². The zero-order valence-electron chi connectivity index (χ0n) is 11.7. The largest absolute Gasteiger partial charge is 0.330 e. The fraction of sp³-hybridized carbons (Fsp3) is 0.533. The molecule has 0 amide bonds. The Morgan fingerprint density at radius 2 is 2.16 bits per heavy atom. The Morgan fingerprint density at radius 1 is 1.37 bits per heavy atom. The van der Waals surface area contributed by atoms with Gasteiger partial charge in [-0.15, -0.1) is 0 Å². The van der Waals surface area contributed by atoms with Crippen LogP contribution in [0.2, 0.25) is 0 Å². The first-order chi connectivity index (χ1) is 9.19. The predicted octanol–water partition coefficient (Wildman–Crippen LogP) is 1.74. The van der Waals surface area contributed by atoms with Crippen LogP contribution in [-0.4, -0.2) is 33.8 Å². The number of aromatic nitrogens is 2. The summed E-state index contributed by atoms with van der Waals surface area (Å²) in [7, 11) is 2.02. The summed E-state index contributed by atoms with van der Waals surface area (Å²) in [6.07, 6.45) is 1.21. The number of rotatable bonds is 3. The van der Waals surface area contributed by atoms with E-state index in [2.05, 4.69) is 41.2 Å². The van der Waals surface area contributed by atoms with Crippen LogP contribution in [0, 0.1) is 5.92 Å². The van der Waals surface area contributed by atoms with Gasteiger partial charge in [-0.25, -0.2) is 0 Å². The zero-order valence-corrected chi connectivity index (χ0v) is 11.7. The van der Waals surface area contributed by atoms with E-state index in [0.29, 0.717) is 12.0 Å². The lowest BCUT2D eigenvalue weighted by Gasteiger charge is -2.19. The van der Waals surface area contributed by atoms with Gasteiger partial charge in [-0.1, -0.05) is 18.2 Å². The van der Waals surface area contributed by atoms with Gasteiger partial charge in [0.1, 0.15) is 0 Å². The van der Waals surface area contributed by atoms with Crippen LogP contribution in [0.15, 0.2) is 24.3 Å². The molecule has 1 aliphatic rings. The Kier molecular flexibility index (Phi) is 3.29. The first-order valence-corrected chi connectivity index (χ1v) is 7.03. The summed E-state index contributed by atoms with van der Waals surface area (Å²) >= 11 is 0. The summed E-state index contributed by atoms with van der Waals surface area (Å²) in [4.78, 5) is 2.51. The van der Waals surface area contributed by atoms with Crippen molar-refractivity contribution in [3.63, 3.8) is 0 Å². The molecule has 4 nitrogen and oxygen atoms in total. The molecule has 19 heavy (non-hydrogen) atoms. The van der Waals surface area contributed by atoms with Crippen LogP contribution in [0.5, 0.6) is 0 Å². The van der Waals surface area contributed by atoms with Crippen molar-refractivity contribution in [1.82, 2.24) is 14.7 Å². The molecule has 1 aromatic heterocycles. The van der Waals surface area contributed by atoms with Crippen molar-refractivity contribution in [1.29, 1.82) is 0 Å². The highest BCUT2D eigenvalue weighted by atomic mass is 15.3. The van der Waals surface area contributed by atoms with Gasteiger partial charge in [0, 0.05) is 31.6 Å². The van der Waals surface area contributed by atoms with Crippen molar-refractivity contribution in [3.05, 3.63) is 30.0 Å². The van der Waals surface area contributed by atoms with Gasteiger partial charge in [0.25, 0.3) is 0 Å². The van der Waals surface area contributed by atoms with Gasteiger partial charge >= 0.3 is 0 Å². The molecule has 2 aromatic rings. The number of nitrogens with two attached hydrogens (primary N) is 1. The maximum Gasteiger partial charge on any atom is 0.0843 e. The number of hydrogen-bond donors (Lipinski definition) is 1. The zero-order chi connectivity index (χ0) is 13.4. The molecule has 102 valence electrons. The maximum atomic E-state index is 5.80. The second-order valence-electron chi connectivity index (χ2n) is 5.70. The summed E-state index contributed by atoms with van der Waals surface area (Å²) in [6.45, 7) is 5.12. The minimum Gasteiger partial charge on any atom is -0.330 e. The van der Waals surface area contributed by atoms with Crippen molar-refractivity contribution >= 4 is 10.9 Å². The quantitative estimate of drug-likeness (QED) is 0.912. The van der Waals surface area contributed by atoms with E-state index in [1.54, 1.807) is 0 Å². The number of para-hydroxylation sites is 1. The molecule has 4 heteroatoms. The third-order valence-corrected chi connectivity index (χ3v) is 4.31. The van der Waals surface area contributed by atoms with Crippen molar-refractivity contribution in [2.75, 3.05) is 13.1 Å². The standard InChI is InChI=1S/C15H22N4/c1-11-7-12(8-16)9-19(11)10-14-13-5-3-4-6-15(13)18(2)17-14/h3-6,11-12H,7-10,16H2,1-2H3. The van der Waals surface area contributed by atoms with Gasteiger partial charge in [0.05, 0.1) is 11.2 Å². The van der Waals surface area contributed by atoms with E-state index in [-0.39, 0.29) is 0 Å². The summed E-state index contributed by atoms with van der Waals surface area (Å²) in [5, 5.41) is 5.95. The minimum absolute atomic E-state index is 0.606. The lowest BCUT2D eigenvalue weighted by molar-refractivity contribution is 0.253. The number of nitrogens with zero attached hydrogens (tertiary/aromatic N) is 3. The van der Waals surface area contributed by atoms with E-state index in [1.807, 2.05) is 11.7 Å². The molecular weight excluding hydrogens is 236 g/mol. The van der Waals surface area contributed by atoms with Crippen molar-refractivity contribution in [2.24, 2.45) is 18.7 Å². The molecule has 2 N–H and O–H groups in total. The second-order valence-corrected chi connectivity index (χ2v) is 5.70. The van der Waals surface area contributed by atoms with Crippen LogP contribution in [0.4, 0.5) is 0 Å². The highest BCUT2D eigenvalue weighted by molar-refractivity contribution is 5.81. The summed E-state index contributed by atoms with van der Waals surface area (Å²) in [6, 6.07) is 9.05. The second kappa shape index (κ2) is 4.94. The highest BCUT2D eigenvalue weighted by Crippen LogP contribution is 2.26. The first-order valence-electron chi connectivity index (χ1n) is 7.03. The lowest BCUT2D eigenvalue weighted by atomic mass is 10.1. The van der Waals surface area contributed by atoms with Crippen LogP contribution in [0.25, 0.3) is 10.9 Å². The molecule has 0 aliphatic carbocycles. The first kappa shape index (κ1) is 12.6. The number of likely N-dealkylation sites (tertiary alicyclic amines) is 1. The summed E-state index contributed by atoms with van der Waals surface area (Å²) in [5.74, 6) is 0.643. The molecule has 3 rings (SSSR count). The monoisotopic (exact) mass is 258 g/mol. The van der Waals surface area contributed by atoms with Gasteiger partial charge in [-0.3, -0.25) is 9.58 Å². The van der Waals surface area contributed by atoms with Crippen molar-refractivity contribution in [3.8, 4) is 0 Å². The Balaban J connectivity index is 1.86. The molecule has 2 heterocycles. The average molecular weight is 258 g/mol. The van der Waals surface area contributed by atoms with Gasteiger partial charge < -0.3 is 5.73 Å². The SMILES string of the molecule is CC1CC(CN)CN1Cc1nn(C)c2ccccc12. The van der Waals surface area contributed by atoms with Crippen LogP contribution >= 0.6 is 0 Å². The normalized spacial score (nSPS) is 24.4. The lowest BCUT2D eigenvalue weighted by Crippen LogP contribution is -2.27. The van der Waals surface area contributed by atoms with Gasteiger partial charge in [0.2, 0.25) is 0 Å². The number of benzene rings is 1. The van der Waals surface area contributed by atoms with E-state index in [9.17, 15) is 0 Å². The van der Waals surface area contributed by atoms with Crippen LogP contribution in [0.3, 0.4) is 0 Å². The number of aryl methyl sites for hydroxylation is 1. The average Bonchev–Trinajstić information content (AvgIpc) is 2.93. The Labute approximate surface area is 114 Å². The summed E-state index contributed by atoms with van der Waals surface area (Å²) in [5.41, 5.74) is 8.19. The summed E-state index contributed by atoms with van der Waals surface area (Å²) < 4.78 is 1.98. The van der Waals surface area contributed by atoms with E-state index >= 15 is 0 Å². The molecule has 1 aromatic carbocycles. The fourth-order valence-corrected chi connectivity index (χ4v) is 3.21. The molecule has 1 aliphatic heterocycles. The maximum absolute atomic E-state index is 5.80. The van der Waals surface area contributed by atoms with Crippen LogP contribution in [-0.2, 0) is 13.6 Å². The Hall–Kier alpha value is -1.39. The highest BCUT2D eigenvalue weighted by Gasteiger charge is 2.28. The molecule has 0 spiro atoms. The molecule has 0 radical (unpaired) electrons. The molecule has 2 unspecified atom stereocenters. The molecule has 2 atom stereocenters. The van der Waals surface area contributed by atoms with Crippen molar-refractivity contribution in [2.45, 2.75) is 25.9 Å². The van der Waals surface area contributed by atoms with Gasteiger partial charge in [-0.05, 0) is 31.9 Å². The van der Waals surface area contributed by atoms with Crippen molar-refractivity contribution < 1.29 is 0 Å². The molecule has 1 fully saturated rings. The molecular formula is C15H22N4.